The second-order valence-corrected chi connectivity index (χ2v) is 11.5. The fraction of sp³-hybridized carbons (Fsp3) is 0.219. The first-order chi connectivity index (χ1) is 16.7. The number of hydrogen-bond donors (Lipinski definition) is 1. The molecule has 0 atom stereocenters. The lowest BCUT2D eigenvalue weighted by Crippen LogP contribution is -2.11. The second kappa shape index (κ2) is 8.98. The van der Waals surface area contributed by atoms with Gasteiger partial charge in [0.05, 0.1) is 15.8 Å². The number of para-hydroxylation sites is 1. The highest BCUT2D eigenvalue weighted by atomic mass is 32.1. The Labute approximate surface area is 211 Å². The molecule has 0 unspecified atom stereocenters. The van der Waals surface area contributed by atoms with Crippen LogP contribution in [0.2, 0.25) is 0 Å². The van der Waals surface area contributed by atoms with Crippen LogP contribution in [0.3, 0.4) is 0 Å². The lowest BCUT2D eigenvalue weighted by Gasteiger charge is -2.20. The first-order valence-electron chi connectivity index (χ1n) is 12.1. The monoisotopic (exact) mass is 477 g/mol. The Balaban J connectivity index is 1.61. The summed E-state index contributed by atoms with van der Waals surface area (Å²) in [6.07, 6.45) is 0. The molecule has 0 bridgehead atoms. The Bertz CT molecular complexity index is 1490. The van der Waals surface area contributed by atoms with Gasteiger partial charge in [0.2, 0.25) is 0 Å². The van der Waals surface area contributed by atoms with Crippen molar-refractivity contribution in [1.29, 1.82) is 0 Å². The van der Waals surface area contributed by atoms with Crippen molar-refractivity contribution >= 4 is 21.6 Å². The van der Waals surface area contributed by atoms with E-state index in [1.165, 1.54) is 22.3 Å². The number of hydrogen-bond acceptors (Lipinski definition) is 3. The quantitative estimate of drug-likeness (QED) is 0.280. The Hall–Kier alpha value is -3.43. The fourth-order valence-electron chi connectivity index (χ4n) is 4.35. The zero-order chi connectivity index (χ0) is 24.7. The van der Waals surface area contributed by atoms with Crippen molar-refractivity contribution < 1.29 is 5.11 Å². The minimum absolute atomic E-state index is 0.0140. The highest BCUT2D eigenvalue weighted by Crippen LogP contribution is 2.41. The normalized spacial score (nSPS) is 11.9. The summed E-state index contributed by atoms with van der Waals surface area (Å²) in [5, 5.41) is 11.3. The largest absolute Gasteiger partial charge is 0.507 e. The van der Waals surface area contributed by atoms with Crippen LogP contribution >= 0.6 is 11.3 Å². The van der Waals surface area contributed by atoms with Crippen LogP contribution in [0.5, 0.6) is 5.75 Å². The first kappa shape index (κ1) is 23.3. The van der Waals surface area contributed by atoms with Crippen molar-refractivity contribution in [2.45, 2.75) is 46.0 Å². The maximum Gasteiger partial charge on any atom is 0.128 e. The zero-order valence-electron chi connectivity index (χ0n) is 21.0. The predicted molar refractivity (Wildman–Crippen MR) is 150 cm³/mol. The third kappa shape index (κ3) is 4.61. The molecule has 5 aromatic rings. The van der Waals surface area contributed by atoms with Crippen LogP contribution in [-0.2, 0) is 5.41 Å². The molecule has 0 saturated carbocycles. The first-order valence-corrected chi connectivity index (χ1v) is 13.0. The van der Waals surface area contributed by atoms with Gasteiger partial charge in [-0.15, -0.1) is 11.3 Å². The van der Waals surface area contributed by atoms with Crippen LogP contribution in [-0.4, -0.2) is 10.1 Å². The van der Waals surface area contributed by atoms with Gasteiger partial charge in [-0.25, -0.2) is 4.98 Å². The average Bonchev–Trinajstić information content (AvgIpc) is 3.27. The molecule has 1 heterocycles. The van der Waals surface area contributed by atoms with Crippen molar-refractivity contribution in [3.05, 3.63) is 96.1 Å². The number of thiazole rings is 1. The Morgan fingerprint density at radius 2 is 1.34 bits per heavy atom. The minimum Gasteiger partial charge on any atom is -0.507 e. The summed E-state index contributed by atoms with van der Waals surface area (Å²) in [6.45, 7) is 11.2. The minimum atomic E-state index is 0.0140. The van der Waals surface area contributed by atoms with E-state index >= 15 is 0 Å². The molecule has 0 aliphatic heterocycles. The molecule has 0 radical (unpaired) electrons. The molecule has 0 amide bonds. The molecule has 35 heavy (non-hydrogen) atoms. The van der Waals surface area contributed by atoms with Crippen molar-refractivity contribution in [3.8, 4) is 38.6 Å². The van der Waals surface area contributed by atoms with Gasteiger partial charge in [-0.3, -0.25) is 0 Å². The van der Waals surface area contributed by atoms with E-state index < -0.39 is 0 Å². The molecule has 0 spiro atoms. The Kier molecular flexibility index (Phi) is 5.98. The van der Waals surface area contributed by atoms with Gasteiger partial charge in [-0.2, -0.15) is 0 Å². The maximum absolute atomic E-state index is 10.4. The smallest absolute Gasteiger partial charge is 0.128 e. The summed E-state index contributed by atoms with van der Waals surface area (Å²) in [5.41, 5.74) is 9.12. The third-order valence-electron chi connectivity index (χ3n) is 6.60. The molecule has 1 aromatic heterocycles. The molecule has 5 rings (SSSR count). The molecule has 3 heteroatoms. The van der Waals surface area contributed by atoms with Crippen LogP contribution in [0.1, 0.15) is 51.7 Å². The number of benzene rings is 4. The van der Waals surface area contributed by atoms with Gasteiger partial charge in [0, 0.05) is 5.56 Å². The molecule has 4 aromatic carbocycles. The summed E-state index contributed by atoms with van der Waals surface area (Å²) in [5.74, 6) is 0.793. The summed E-state index contributed by atoms with van der Waals surface area (Å²) in [4.78, 5) is 5.01. The molecule has 0 aliphatic carbocycles. The fourth-order valence-corrected chi connectivity index (χ4v) is 5.42. The molecule has 176 valence electrons. The maximum atomic E-state index is 10.4. The number of nitrogens with zero attached hydrogens (tertiary/aromatic N) is 1. The lowest BCUT2D eigenvalue weighted by molar-refractivity contribution is 0.477. The number of phenolic OH excluding ortho intramolecular Hbond substituents is 1. The topological polar surface area (TPSA) is 33.1 Å². The van der Waals surface area contributed by atoms with E-state index in [-0.39, 0.29) is 11.2 Å². The molecular formula is C32H31NOS. The molecule has 2 nitrogen and oxygen atoms in total. The highest BCUT2D eigenvalue weighted by molar-refractivity contribution is 7.21. The van der Waals surface area contributed by atoms with Gasteiger partial charge in [0.15, 0.2) is 0 Å². The van der Waals surface area contributed by atoms with Gasteiger partial charge in [0.25, 0.3) is 0 Å². The van der Waals surface area contributed by atoms with E-state index in [1.807, 2.05) is 18.2 Å². The van der Waals surface area contributed by atoms with Crippen LogP contribution < -0.4 is 0 Å². The van der Waals surface area contributed by atoms with Crippen LogP contribution in [0, 0.1) is 0 Å². The summed E-state index contributed by atoms with van der Waals surface area (Å²) >= 11 is 1.64. The number of phenols is 1. The summed E-state index contributed by atoms with van der Waals surface area (Å²) in [6, 6.07) is 29.6. The lowest BCUT2D eigenvalue weighted by atomic mass is 9.85. The van der Waals surface area contributed by atoms with E-state index in [0.717, 1.165) is 31.9 Å². The van der Waals surface area contributed by atoms with Crippen LogP contribution in [0.15, 0.2) is 84.9 Å². The van der Waals surface area contributed by atoms with Gasteiger partial charge in [-0.05, 0) is 63.4 Å². The van der Waals surface area contributed by atoms with E-state index in [4.69, 9.17) is 4.98 Å². The van der Waals surface area contributed by atoms with Crippen molar-refractivity contribution in [2.24, 2.45) is 0 Å². The van der Waals surface area contributed by atoms with Gasteiger partial charge in [0.1, 0.15) is 10.8 Å². The van der Waals surface area contributed by atoms with Crippen molar-refractivity contribution in [2.75, 3.05) is 0 Å². The van der Waals surface area contributed by atoms with E-state index in [1.54, 1.807) is 17.4 Å². The van der Waals surface area contributed by atoms with Gasteiger partial charge < -0.3 is 5.11 Å². The average molecular weight is 478 g/mol. The number of aromatic nitrogens is 1. The van der Waals surface area contributed by atoms with Gasteiger partial charge >= 0.3 is 0 Å². The van der Waals surface area contributed by atoms with E-state index in [2.05, 4.69) is 95.3 Å². The second-order valence-electron chi connectivity index (χ2n) is 10.5. The molecule has 0 saturated heterocycles. The summed E-state index contributed by atoms with van der Waals surface area (Å²) < 4.78 is 1.14. The number of rotatable bonds is 4. The zero-order valence-corrected chi connectivity index (χ0v) is 21.8. The SMILES string of the molecule is CC(C)c1ccc(-c2ccc(-c3cc(C(C)(C)C)cc4sc(-c5ccccc5O)nc34)cc2)cc1. The van der Waals surface area contributed by atoms with Crippen LogP contribution in [0.25, 0.3) is 43.0 Å². The number of aromatic hydroxyl groups is 1. The molecule has 0 aliphatic rings. The predicted octanol–water partition coefficient (Wildman–Crippen LogP) is 9.42. The standard InChI is InChI=1S/C32H31NOS/c1-20(2)21-10-12-22(13-11-21)23-14-16-24(17-15-23)27-18-25(32(3,4)5)19-29-30(27)33-31(35-29)26-8-6-7-9-28(26)34/h6-20,34H,1-5H3. The Morgan fingerprint density at radius 3 is 1.94 bits per heavy atom. The summed E-state index contributed by atoms with van der Waals surface area (Å²) in [7, 11) is 0. The molecule has 1 N–H and O–H groups in total. The molecule has 0 fully saturated rings. The Morgan fingerprint density at radius 1 is 0.743 bits per heavy atom. The van der Waals surface area contributed by atoms with Gasteiger partial charge in [-0.1, -0.05) is 95.3 Å². The van der Waals surface area contributed by atoms with Crippen molar-refractivity contribution in [3.63, 3.8) is 0 Å². The van der Waals surface area contributed by atoms with E-state index in [0.29, 0.717) is 5.92 Å². The third-order valence-corrected chi connectivity index (χ3v) is 7.64. The van der Waals surface area contributed by atoms with E-state index in [9.17, 15) is 5.11 Å². The number of fused-ring (bicyclic) bond motifs is 1. The van der Waals surface area contributed by atoms with Crippen molar-refractivity contribution in [1.82, 2.24) is 4.98 Å². The van der Waals surface area contributed by atoms with Crippen LogP contribution in [0.4, 0.5) is 0 Å². The highest BCUT2D eigenvalue weighted by Gasteiger charge is 2.20. The molecular weight excluding hydrogens is 446 g/mol.